The zero-order valence-corrected chi connectivity index (χ0v) is 14.9. The number of hydrogen-bond acceptors (Lipinski definition) is 4. The van der Waals surface area contributed by atoms with Crippen LogP contribution in [0, 0.1) is 24.7 Å². The van der Waals surface area contributed by atoms with Gasteiger partial charge in [-0.15, -0.1) is 0 Å². The monoisotopic (exact) mass is 350 g/mol. The van der Waals surface area contributed by atoms with Crippen LogP contribution in [0.2, 0.25) is 0 Å². The van der Waals surface area contributed by atoms with E-state index in [4.69, 9.17) is 14.2 Å². The molecular formula is C21H34O4. The Morgan fingerprint density at radius 2 is 1.76 bits per heavy atom. The topological polar surface area (TPSA) is 47.9 Å². The summed E-state index contributed by atoms with van der Waals surface area (Å²) in [6.07, 6.45) is 3.88. The SMILES string of the molecule is C.COCCOCCOCC1CC2CC1CC2c1ccc(O)c(C)c1. The molecule has 0 heterocycles. The highest BCUT2D eigenvalue weighted by atomic mass is 16.5. The van der Waals surface area contributed by atoms with Gasteiger partial charge in [-0.25, -0.2) is 0 Å². The zero-order valence-electron chi connectivity index (χ0n) is 14.9. The van der Waals surface area contributed by atoms with E-state index in [2.05, 4.69) is 12.1 Å². The van der Waals surface area contributed by atoms with Crippen LogP contribution >= 0.6 is 0 Å². The number of aromatic hydroxyl groups is 1. The Morgan fingerprint density at radius 3 is 2.44 bits per heavy atom. The van der Waals surface area contributed by atoms with E-state index in [0.29, 0.717) is 44.0 Å². The fourth-order valence-corrected chi connectivity index (χ4v) is 4.51. The standard InChI is InChI=1S/C20H30O4.CH4/c1-14-9-15(3-4-20(14)21)19-12-16-10-17(19)11-18(16)13-24-8-7-23-6-5-22-2;/h3-4,9,16-19,21H,5-8,10-13H2,1-2H3;1H4. The van der Waals surface area contributed by atoms with Crippen molar-refractivity contribution in [3.63, 3.8) is 0 Å². The number of ether oxygens (including phenoxy) is 3. The number of methoxy groups -OCH3 is 1. The van der Waals surface area contributed by atoms with Gasteiger partial charge in [0.15, 0.2) is 0 Å². The van der Waals surface area contributed by atoms with Crippen LogP contribution < -0.4 is 0 Å². The van der Waals surface area contributed by atoms with E-state index < -0.39 is 0 Å². The Labute approximate surface area is 152 Å². The number of phenolic OH excluding ortho intramolecular Hbond substituents is 1. The van der Waals surface area contributed by atoms with Crippen molar-refractivity contribution in [2.75, 3.05) is 40.1 Å². The molecule has 2 aliphatic carbocycles. The van der Waals surface area contributed by atoms with E-state index in [0.717, 1.165) is 24.0 Å². The molecule has 1 aromatic carbocycles. The predicted molar refractivity (Wildman–Crippen MR) is 100 cm³/mol. The van der Waals surface area contributed by atoms with Crippen molar-refractivity contribution in [1.82, 2.24) is 0 Å². The molecule has 4 heteroatoms. The lowest BCUT2D eigenvalue weighted by Crippen LogP contribution is -2.22. The molecule has 4 nitrogen and oxygen atoms in total. The summed E-state index contributed by atoms with van der Waals surface area (Å²) in [5.74, 6) is 3.36. The van der Waals surface area contributed by atoms with Gasteiger partial charge >= 0.3 is 0 Å². The van der Waals surface area contributed by atoms with Crippen LogP contribution in [0.1, 0.15) is 43.7 Å². The van der Waals surface area contributed by atoms with Crippen LogP contribution in [0.5, 0.6) is 5.75 Å². The molecule has 0 aliphatic heterocycles. The first kappa shape index (κ1) is 20.2. The quantitative estimate of drug-likeness (QED) is 0.680. The largest absolute Gasteiger partial charge is 0.508 e. The summed E-state index contributed by atoms with van der Waals surface area (Å²) in [4.78, 5) is 0. The molecule has 0 aromatic heterocycles. The molecule has 2 bridgehead atoms. The van der Waals surface area contributed by atoms with Crippen LogP contribution in [0.3, 0.4) is 0 Å². The molecular weight excluding hydrogens is 316 g/mol. The van der Waals surface area contributed by atoms with Gasteiger partial charge in [0.05, 0.1) is 26.4 Å². The van der Waals surface area contributed by atoms with E-state index in [9.17, 15) is 5.11 Å². The number of benzene rings is 1. The summed E-state index contributed by atoms with van der Waals surface area (Å²) in [7, 11) is 1.68. The average molecular weight is 350 g/mol. The summed E-state index contributed by atoms with van der Waals surface area (Å²) in [6.45, 7) is 5.47. The fourth-order valence-electron chi connectivity index (χ4n) is 4.51. The summed E-state index contributed by atoms with van der Waals surface area (Å²) < 4.78 is 16.2. The zero-order chi connectivity index (χ0) is 16.9. The number of phenols is 1. The van der Waals surface area contributed by atoms with E-state index >= 15 is 0 Å². The van der Waals surface area contributed by atoms with Crippen molar-refractivity contribution in [3.8, 4) is 5.75 Å². The molecule has 2 aliphatic rings. The first-order chi connectivity index (χ1) is 11.7. The van der Waals surface area contributed by atoms with E-state index in [-0.39, 0.29) is 7.43 Å². The van der Waals surface area contributed by atoms with Gasteiger partial charge < -0.3 is 19.3 Å². The molecule has 0 saturated heterocycles. The third-order valence-corrected chi connectivity index (χ3v) is 5.79. The maximum Gasteiger partial charge on any atom is 0.118 e. The lowest BCUT2D eigenvalue weighted by molar-refractivity contribution is 0.00912. The normalized spacial score (nSPS) is 27.4. The van der Waals surface area contributed by atoms with Crippen LogP contribution in [0.15, 0.2) is 18.2 Å². The second kappa shape index (κ2) is 9.56. The van der Waals surface area contributed by atoms with Crippen molar-refractivity contribution < 1.29 is 19.3 Å². The minimum Gasteiger partial charge on any atom is -0.508 e. The molecule has 2 saturated carbocycles. The number of fused-ring (bicyclic) bond motifs is 2. The lowest BCUT2D eigenvalue weighted by atomic mass is 9.78. The second-order valence-electron chi connectivity index (χ2n) is 7.32. The highest BCUT2D eigenvalue weighted by Crippen LogP contribution is 2.55. The van der Waals surface area contributed by atoms with Crippen LogP contribution in [0.25, 0.3) is 0 Å². The van der Waals surface area contributed by atoms with Gasteiger partial charge in [0.2, 0.25) is 0 Å². The first-order valence-electron chi connectivity index (χ1n) is 9.13. The maximum absolute atomic E-state index is 9.72. The van der Waals surface area contributed by atoms with Crippen LogP contribution in [-0.2, 0) is 14.2 Å². The molecule has 2 fully saturated rings. The van der Waals surface area contributed by atoms with Gasteiger partial charge in [0.25, 0.3) is 0 Å². The Balaban J connectivity index is 0.00000225. The van der Waals surface area contributed by atoms with Crippen LogP contribution in [-0.4, -0.2) is 45.3 Å². The minimum atomic E-state index is 0. The Morgan fingerprint density at radius 1 is 1.00 bits per heavy atom. The molecule has 25 heavy (non-hydrogen) atoms. The fraction of sp³-hybridized carbons (Fsp3) is 0.714. The Kier molecular flexibility index (Phi) is 7.73. The van der Waals surface area contributed by atoms with Gasteiger partial charge in [0.1, 0.15) is 5.75 Å². The third-order valence-electron chi connectivity index (χ3n) is 5.79. The van der Waals surface area contributed by atoms with Gasteiger partial charge in [-0.3, -0.25) is 0 Å². The summed E-state index contributed by atoms with van der Waals surface area (Å²) in [5.41, 5.74) is 2.40. The first-order valence-corrected chi connectivity index (χ1v) is 9.13. The molecule has 3 rings (SSSR count). The molecule has 0 spiro atoms. The summed E-state index contributed by atoms with van der Waals surface area (Å²) in [5, 5.41) is 9.72. The smallest absolute Gasteiger partial charge is 0.118 e. The van der Waals surface area contributed by atoms with Gasteiger partial charge in [-0.1, -0.05) is 19.6 Å². The van der Waals surface area contributed by atoms with Crippen molar-refractivity contribution >= 4 is 0 Å². The molecule has 4 unspecified atom stereocenters. The molecule has 1 N–H and O–H groups in total. The molecule has 0 amide bonds. The minimum absolute atomic E-state index is 0. The average Bonchev–Trinajstić information content (AvgIpc) is 3.17. The van der Waals surface area contributed by atoms with E-state index in [1.165, 1.54) is 24.8 Å². The Bertz CT molecular complexity index is 531. The van der Waals surface area contributed by atoms with E-state index in [1.807, 2.05) is 13.0 Å². The molecule has 1 aromatic rings. The van der Waals surface area contributed by atoms with Gasteiger partial charge in [-0.05, 0) is 67.1 Å². The molecule has 4 atom stereocenters. The number of aryl methyl sites for hydroxylation is 1. The summed E-state index contributed by atoms with van der Waals surface area (Å²) >= 11 is 0. The predicted octanol–water partition coefficient (Wildman–Crippen LogP) is 4.15. The number of hydrogen-bond donors (Lipinski definition) is 1. The van der Waals surface area contributed by atoms with Crippen molar-refractivity contribution in [2.45, 2.75) is 39.5 Å². The van der Waals surface area contributed by atoms with Gasteiger partial charge in [0, 0.05) is 13.7 Å². The van der Waals surface area contributed by atoms with Crippen molar-refractivity contribution in [2.24, 2.45) is 17.8 Å². The van der Waals surface area contributed by atoms with E-state index in [1.54, 1.807) is 7.11 Å². The second-order valence-corrected chi connectivity index (χ2v) is 7.32. The third kappa shape index (κ3) is 4.96. The van der Waals surface area contributed by atoms with Crippen LogP contribution in [0.4, 0.5) is 0 Å². The van der Waals surface area contributed by atoms with Crippen molar-refractivity contribution in [3.05, 3.63) is 29.3 Å². The lowest BCUT2D eigenvalue weighted by Gasteiger charge is -2.28. The van der Waals surface area contributed by atoms with Gasteiger partial charge in [-0.2, -0.15) is 0 Å². The maximum atomic E-state index is 9.72. The molecule has 142 valence electrons. The highest BCUT2D eigenvalue weighted by Gasteiger charge is 2.46. The number of rotatable bonds is 9. The molecule has 0 radical (unpaired) electrons. The highest BCUT2D eigenvalue weighted by molar-refractivity contribution is 5.37. The summed E-state index contributed by atoms with van der Waals surface area (Å²) in [6, 6.07) is 6.13. The Hall–Kier alpha value is -1.10. The van der Waals surface area contributed by atoms with Crippen molar-refractivity contribution in [1.29, 1.82) is 0 Å².